The Morgan fingerprint density at radius 3 is 2.50 bits per heavy atom. The molecule has 1 aliphatic rings. The molecule has 3 heterocycles. The number of rotatable bonds is 6. The van der Waals surface area contributed by atoms with Gasteiger partial charge in [0, 0.05) is 37.7 Å². The number of halogens is 4. The van der Waals surface area contributed by atoms with Crippen LogP contribution in [0, 0.1) is 11.3 Å². The molecule has 8 nitrogen and oxygen atoms in total. The summed E-state index contributed by atoms with van der Waals surface area (Å²) in [6, 6.07) is 8.82. The van der Waals surface area contributed by atoms with Gasteiger partial charge in [0.1, 0.15) is 23.2 Å². The highest BCUT2D eigenvalue weighted by Crippen LogP contribution is 2.34. The summed E-state index contributed by atoms with van der Waals surface area (Å²) in [5.41, 5.74) is 0.279. The molecule has 0 aliphatic heterocycles. The maximum atomic E-state index is 13.8. The van der Waals surface area contributed by atoms with Crippen molar-refractivity contribution in [1.82, 2.24) is 24.9 Å². The van der Waals surface area contributed by atoms with E-state index in [2.05, 4.69) is 35.6 Å². The van der Waals surface area contributed by atoms with Gasteiger partial charge in [-0.05, 0) is 37.1 Å². The van der Waals surface area contributed by atoms with Gasteiger partial charge in [-0.3, -0.25) is 0 Å². The van der Waals surface area contributed by atoms with E-state index in [0.29, 0.717) is 5.69 Å². The van der Waals surface area contributed by atoms with Crippen LogP contribution in [0.3, 0.4) is 0 Å². The van der Waals surface area contributed by atoms with Gasteiger partial charge < -0.3 is 10.6 Å². The topological polar surface area (TPSA) is 112 Å². The lowest BCUT2D eigenvalue weighted by atomic mass is 9.92. The molecular formula is C22H20F4N8. The van der Waals surface area contributed by atoms with Crippen molar-refractivity contribution < 1.29 is 17.6 Å². The van der Waals surface area contributed by atoms with Crippen molar-refractivity contribution >= 4 is 17.6 Å². The fourth-order valence-electron chi connectivity index (χ4n) is 3.48. The fourth-order valence-corrected chi connectivity index (χ4v) is 3.48. The zero-order valence-electron chi connectivity index (χ0n) is 18.1. The Kier molecular flexibility index (Phi) is 6.28. The number of hydrogen-bond donors (Lipinski definition) is 2. The number of nitriles is 1. The molecule has 3 aromatic heterocycles. The van der Waals surface area contributed by atoms with Crippen LogP contribution < -0.4 is 10.6 Å². The van der Waals surface area contributed by atoms with Crippen molar-refractivity contribution in [2.75, 3.05) is 10.6 Å². The van der Waals surface area contributed by atoms with E-state index >= 15 is 0 Å². The van der Waals surface area contributed by atoms with Crippen molar-refractivity contribution in [2.24, 2.45) is 0 Å². The SMILES string of the molecule is CC(F)(F)c1cccc(-c2nc(Nc3ccnc(C#N)c3)nc(NC3CCC(F)(F)CC3)n2)n1. The highest BCUT2D eigenvalue weighted by Gasteiger charge is 2.35. The monoisotopic (exact) mass is 472 g/mol. The average Bonchev–Trinajstić information content (AvgIpc) is 2.80. The largest absolute Gasteiger partial charge is 0.351 e. The predicted octanol–water partition coefficient (Wildman–Crippen LogP) is 5.05. The molecule has 1 aliphatic carbocycles. The van der Waals surface area contributed by atoms with Crippen LogP contribution in [0.15, 0.2) is 36.5 Å². The van der Waals surface area contributed by atoms with Gasteiger partial charge in [-0.2, -0.15) is 29.0 Å². The van der Waals surface area contributed by atoms with Crippen LogP contribution in [0.5, 0.6) is 0 Å². The van der Waals surface area contributed by atoms with Gasteiger partial charge in [0.2, 0.25) is 17.8 Å². The Morgan fingerprint density at radius 2 is 1.79 bits per heavy atom. The first-order chi connectivity index (χ1) is 16.1. The Hall–Kier alpha value is -3.88. The van der Waals surface area contributed by atoms with E-state index in [-0.39, 0.29) is 60.8 Å². The summed E-state index contributed by atoms with van der Waals surface area (Å²) in [7, 11) is 0. The maximum absolute atomic E-state index is 13.8. The second-order valence-corrected chi connectivity index (χ2v) is 8.04. The number of aromatic nitrogens is 5. The van der Waals surface area contributed by atoms with Crippen LogP contribution in [-0.2, 0) is 5.92 Å². The molecule has 176 valence electrons. The molecule has 0 aromatic carbocycles. The summed E-state index contributed by atoms with van der Waals surface area (Å²) in [6.45, 7) is 0.738. The lowest BCUT2D eigenvalue weighted by molar-refractivity contribution is -0.0361. The van der Waals surface area contributed by atoms with Gasteiger partial charge in [0.25, 0.3) is 5.92 Å². The van der Waals surface area contributed by atoms with Crippen LogP contribution in [-0.4, -0.2) is 36.9 Å². The summed E-state index contributed by atoms with van der Waals surface area (Å²) in [5.74, 6) is -5.69. The van der Waals surface area contributed by atoms with Gasteiger partial charge in [0.15, 0.2) is 5.82 Å². The molecular weight excluding hydrogens is 452 g/mol. The first-order valence-corrected chi connectivity index (χ1v) is 10.5. The smallest absolute Gasteiger partial charge is 0.286 e. The van der Waals surface area contributed by atoms with Crippen LogP contribution in [0.1, 0.15) is 44.0 Å². The molecule has 3 aromatic rings. The third kappa shape index (κ3) is 5.72. The molecule has 2 N–H and O–H groups in total. The maximum Gasteiger partial charge on any atom is 0.286 e. The van der Waals surface area contributed by atoms with Gasteiger partial charge in [-0.1, -0.05) is 6.07 Å². The van der Waals surface area contributed by atoms with E-state index in [4.69, 9.17) is 5.26 Å². The van der Waals surface area contributed by atoms with E-state index in [0.717, 1.165) is 6.92 Å². The Morgan fingerprint density at radius 1 is 1.06 bits per heavy atom. The lowest BCUT2D eigenvalue weighted by Crippen LogP contribution is -2.32. The molecule has 0 amide bonds. The molecule has 12 heteroatoms. The molecule has 4 rings (SSSR count). The minimum atomic E-state index is -3.16. The van der Waals surface area contributed by atoms with Gasteiger partial charge in [-0.15, -0.1) is 0 Å². The van der Waals surface area contributed by atoms with Crippen molar-refractivity contribution in [3.63, 3.8) is 0 Å². The Labute approximate surface area is 192 Å². The van der Waals surface area contributed by atoms with Crippen LogP contribution in [0.4, 0.5) is 35.1 Å². The number of pyridine rings is 2. The summed E-state index contributed by atoms with van der Waals surface area (Å²) < 4.78 is 54.7. The highest BCUT2D eigenvalue weighted by molar-refractivity contribution is 5.59. The van der Waals surface area contributed by atoms with E-state index < -0.39 is 17.5 Å². The van der Waals surface area contributed by atoms with Crippen molar-refractivity contribution in [1.29, 1.82) is 5.26 Å². The number of nitrogens with one attached hydrogen (secondary N) is 2. The summed E-state index contributed by atoms with van der Waals surface area (Å²) in [4.78, 5) is 20.8. The molecule has 0 spiro atoms. The third-order valence-electron chi connectivity index (χ3n) is 5.24. The van der Waals surface area contributed by atoms with Crippen LogP contribution >= 0.6 is 0 Å². The van der Waals surface area contributed by atoms with Crippen LogP contribution in [0.25, 0.3) is 11.5 Å². The standard InChI is InChI=1S/C22H20F4N8/c1-21(23,24)17-4-2-3-16(31-17)18-32-19(29-13-5-8-22(25,26)9-6-13)34-20(33-18)30-14-7-10-28-15(11-14)12-27/h2-4,7,10-11,13H,5-6,8-9H2,1H3,(H2,28,29,30,32,33,34). The second-order valence-electron chi connectivity index (χ2n) is 8.04. The number of alkyl halides is 4. The average molecular weight is 472 g/mol. The third-order valence-corrected chi connectivity index (χ3v) is 5.24. The zero-order valence-corrected chi connectivity index (χ0v) is 18.1. The normalized spacial score (nSPS) is 16.0. The van der Waals surface area contributed by atoms with Gasteiger partial charge >= 0.3 is 0 Å². The minimum Gasteiger partial charge on any atom is -0.351 e. The molecule has 34 heavy (non-hydrogen) atoms. The second kappa shape index (κ2) is 9.17. The summed E-state index contributed by atoms with van der Waals surface area (Å²) in [6.07, 6.45) is 1.37. The van der Waals surface area contributed by atoms with Crippen molar-refractivity contribution in [3.05, 3.63) is 47.9 Å². The number of hydrogen-bond acceptors (Lipinski definition) is 8. The van der Waals surface area contributed by atoms with E-state index in [9.17, 15) is 17.6 Å². The molecule has 0 radical (unpaired) electrons. The Balaban J connectivity index is 1.68. The molecule has 1 saturated carbocycles. The van der Waals surface area contributed by atoms with Crippen molar-refractivity contribution in [3.8, 4) is 17.6 Å². The fraction of sp³-hybridized carbons (Fsp3) is 0.364. The Bertz CT molecular complexity index is 1210. The minimum absolute atomic E-state index is 0.0156. The lowest BCUT2D eigenvalue weighted by Gasteiger charge is -2.28. The number of anilines is 3. The summed E-state index contributed by atoms with van der Waals surface area (Å²) in [5, 5.41) is 15.0. The van der Waals surface area contributed by atoms with Crippen molar-refractivity contribution in [2.45, 2.75) is 50.5 Å². The molecule has 0 atom stereocenters. The first kappa shape index (κ1) is 23.3. The molecule has 0 unspecified atom stereocenters. The highest BCUT2D eigenvalue weighted by atomic mass is 19.3. The van der Waals surface area contributed by atoms with E-state index in [1.165, 1.54) is 30.5 Å². The van der Waals surface area contributed by atoms with E-state index in [1.807, 2.05) is 6.07 Å². The number of nitrogens with zero attached hydrogens (tertiary/aromatic N) is 6. The van der Waals surface area contributed by atoms with Gasteiger partial charge in [-0.25, -0.2) is 18.7 Å². The quantitative estimate of drug-likeness (QED) is 0.480. The van der Waals surface area contributed by atoms with E-state index in [1.54, 1.807) is 6.07 Å². The first-order valence-electron chi connectivity index (χ1n) is 10.5. The molecule has 0 saturated heterocycles. The van der Waals surface area contributed by atoms with Crippen LogP contribution in [0.2, 0.25) is 0 Å². The van der Waals surface area contributed by atoms with Gasteiger partial charge in [0.05, 0.1) is 0 Å². The summed E-state index contributed by atoms with van der Waals surface area (Å²) >= 11 is 0. The zero-order chi connectivity index (χ0) is 24.3. The molecule has 0 bridgehead atoms. The predicted molar refractivity (Wildman–Crippen MR) is 116 cm³/mol. The molecule has 1 fully saturated rings.